The fraction of sp³-hybridized carbons (Fsp3) is 0.304. The molecule has 0 atom stereocenters. The van der Waals surface area contributed by atoms with Crippen molar-refractivity contribution in [2.24, 2.45) is 5.92 Å². The van der Waals surface area contributed by atoms with Crippen LogP contribution in [0.15, 0.2) is 51.7 Å². The van der Waals surface area contributed by atoms with E-state index >= 15 is 0 Å². The van der Waals surface area contributed by atoms with E-state index in [1.54, 1.807) is 43.5 Å². The van der Waals surface area contributed by atoms with E-state index in [4.69, 9.17) is 25.5 Å². The molecule has 1 heterocycles. The Morgan fingerprint density at radius 3 is 2.48 bits per heavy atom. The average molecular weight is 413 g/mol. The van der Waals surface area contributed by atoms with Gasteiger partial charge in [-0.1, -0.05) is 30.9 Å². The van der Waals surface area contributed by atoms with Gasteiger partial charge in [-0.05, 0) is 55.3 Å². The van der Waals surface area contributed by atoms with Gasteiger partial charge in [0.1, 0.15) is 11.3 Å². The van der Waals surface area contributed by atoms with E-state index in [2.05, 4.69) is 0 Å². The number of fused-ring (bicyclic) bond motifs is 1. The van der Waals surface area contributed by atoms with E-state index < -0.39 is 5.43 Å². The summed E-state index contributed by atoms with van der Waals surface area (Å²) in [7, 11) is 1.58. The van der Waals surface area contributed by atoms with Gasteiger partial charge in [-0.3, -0.25) is 9.59 Å². The van der Waals surface area contributed by atoms with Gasteiger partial charge >= 0.3 is 5.97 Å². The predicted molar refractivity (Wildman–Crippen MR) is 112 cm³/mol. The van der Waals surface area contributed by atoms with Crippen LogP contribution in [0.1, 0.15) is 32.1 Å². The second-order valence-electron chi connectivity index (χ2n) is 7.21. The quantitative estimate of drug-likeness (QED) is 0.521. The summed E-state index contributed by atoms with van der Waals surface area (Å²) >= 11 is 6.06. The van der Waals surface area contributed by atoms with E-state index in [0.29, 0.717) is 21.9 Å². The normalized spacial score (nSPS) is 14.7. The average Bonchev–Trinajstić information content (AvgIpc) is 2.76. The Balaban J connectivity index is 1.83. The van der Waals surface area contributed by atoms with Crippen LogP contribution in [-0.4, -0.2) is 13.1 Å². The number of hydrogen-bond acceptors (Lipinski definition) is 5. The summed E-state index contributed by atoms with van der Waals surface area (Å²) in [6.45, 7) is 0. The molecule has 1 aromatic heterocycles. The highest BCUT2D eigenvalue weighted by Gasteiger charge is 2.27. The highest BCUT2D eigenvalue weighted by Crippen LogP contribution is 2.34. The topological polar surface area (TPSA) is 65.7 Å². The molecule has 0 N–H and O–H groups in total. The van der Waals surface area contributed by atoms with Crippen LogP contribution >= 0.6 is 11.6 Å². The van der Waals surface area contributed by atoms with Crippen LogP contribution in [0.3, 0.4) is 0 Å². The SMILES string of the molecule is COc1ccc(-c2oc3ccc(Cl)cc3c(=O)c2OC(=O)C2CCCCC2)cc1. The van der Waals surface area contributed by atoms with Crippen LogP contribution in [-0.2, 0) is 4.79 Å². The van der Waals surface area contributed by atoms with Gasteiger partial charge in [-0.15, -0.1) is 0 Å². The molecule has 150 valence electrons. The minimum absolute atomic E-state index is 0.0968. The van der Waals surface area contributed by atoms with Crippen molar-refractivity contribution in [2.45, 2.75) is 32.1 Å². The number of benzene rings is 2. The maximum absolute atomic E-state index is 13.2. The molecule has 1 fully saturated rings. The molecular weight excluding hydrogens is 392 g/mol. The molecule has 5 nitrogen and oxygen atoms in total. The second-order valence-corrected chi connectivity index (χ2v) is 7.65. The lowest BCUT2D eigenvalue weighted by Gasteiger charge is -2.20. The van der Waals surface area contributed by atoms with Crippen molar-refractivity contribution in [3.05, 3.63) is 57.7 Å². The third-order valence-electron chi connectivity index (χ3n) is 5.30. The number of methoxy groups -OCH3 is 1. The van der Waals surface area contributed by atoms with Gasteiger partial charge in [0.15, 0.2) is 5.76 Å². The molecule has 0 spiro atoms. The Hall–Kier alpha value is -2.79. The number of carbonyl (C=O) groups is 1. The van der Waals surface area contributed by atoms with Gasteiger partial charge in [-0.25, -0.2) is 0 Å². The lowest BCUT2D eigenvalue weighted by atomic mass is 9.89. The Morgan fingerprint density at radius 2 is 1.79 bits per heavy atom. The lowest BCUT2D eigenvalue weighted by Crippen LogP contribution is -2.25. The molecule has 0 bridgehead atoms. The summed E-state index contributed by atoms with van der Waals surface area (Å²) in [5, 5.41) is 0.688. The zero-order chi connectivity index (χ0) is 20.4. The van der Waals surface area contributed by atoms with Gasteiger partial charge < -0.3 is 13.9 Å². The van der Waals surface area contributed by atoms with Gasteiger partial charge in [0, 0.05) is 10.6 Å². The fourth-order valence-electron chi connectivity index (χ4n) is 3.70. The van der Waals surface area contributed by atoms with E-state index in [1.807, 2.05) is 0 Å². The smallest absolute Gasteiger partial charge is 0.314 e. The highest BCUT2D eigenvalue weighted by atomic mass is 35.5. The first kappa shape index (κ1) is 19.5. The summed E-state index contributed by atoms with van der Waals surface area (Å²) in [6.07, 6.45) is 4.67. The number of rotatable bonds is 4. The third kappa shape index (κ3) is 4.01. The number of ether oxygens (including phenoxy) is 2. The fourth-order valence-corrected chi connectivity index (χ4v) is 3.87. The van der Waals surface area contributed by atoms with Gasteiger partial charge in [0.05, 0.1) is 18.4 Å². The van der Waals surface area contributed by atoms with Crippen molar-refractivity contribution in [1.29, 1.82) is 0 Å². The maximum atomic E-state index is 13.2. The van der Waals surface area contributed by atoms with Crippen molar-refractivity contribution < 1.29 is 18.7 Å². The molecule has 4 rings (SSSR count). The molecule has 0 radical (unpaired) electrons. The number of carbonyl (C=O) groups excluding carboxylic acids is 1. The van der Waals surface area contributed by atoms with Crippen LogP contribution in [0, 0.1) is 5.92 Å². The number of halogens is 1. The number of esters is 1. The first-order valence-corrected chi connectivity index (χ1v) is 10.1. The lowest BCUT2D eigenvalue weighted by molar-refractivity contribution is -0.140. The van der Waals surface area contributed by atoms with E-state index in [-0.39, 0.29) is 28.8 Å². The Bertz CT molecular complexity index is 1090. The zero-order valence-corrected chi connectivity index (χ0v) is 16.8. The largest absolute Gasteiger partial charge is 0.497 e. The molecule has 3 aromatic rings. The molecule has 0 unspecified atom stereocenters. The Morgan fingerprint density at radius 1 is 1.07 bits per heavy atom. The molecule has 2 aromatic carbocycles. The van der Waals surface area contributed by atoms with Crippen molar-refractivity contribution >= 4 is 28.5 Å². The first-order chi connectivity index (χ1) is 14.1. The molecule has 0 saturated heterocycles. The summed E-state index contributed by atoms with van der Waals surface area (Å²) < 4.78 is 16.8. The van der Waals surface area contributed by atoms with Crippen molar-refractivity contribution in [3.63, 3.8) is 0 Å². The molecular formula is C23H21ClO5. The van der Waals surface area contributed by atoms with Crippen molar-refractivity contribution in [3.8, 4) is 22.8 Å². The minimum atomic E-state index is -0.413. The highest BCUT2D eigenvalue weighted by molar-refractivity contribution is 6.31. The second kappa shape index (κ2) is 8.29. The van der Waals surface area contributed by atoms with E-state index in [1.165, 1.54) is 6.07 Å². The third-order valence-corrected chi connectivity index (χ3v) is 5.54. The zero-order valence-electron chi connectivity index (χ0n) is 16.1. The van der Waals surface area contributed by atoms with Gasteiger partial charge in [0.25, 0.3) is 0 Å². The van der Waals surface area contributed by atoms with Crippen LogP contribution in [0.5, 0.6) is 11.5 Å². The number of hydrogen-bond donors (Lipinski definition) is 0. The molecule has 0 aliphatic heterocycles. The van der Waals surface area contributed by atoms with Crippen molar-refractivity contribution in [2.75, 3.05) is 7.11 Å². The van der Waals surface area contributed by atoms with Gasteiger partial charge in [-0.2, -0.15) is 0 Å². The first-order valence-electron chi connectivity index (χ1n) is 9.69. The standard InChI is InChI=1S/C23H21ClO5/c1-27-17-10-7-14(8-11-17)21-22(29-23(26)15-5-3-2-4-6-15)20(25)18-13-16(24)9-12-19(18)28-21/h7-13,15H,2-6H2,1H3. The molecule has 0 amide bonds. The molecule has 1 aliphatic rings. The summed E-state index contributed by atoms with van der Waals surface area (Å²) in [4.78, 5) is 26.0. The summed E-state index contributed by atoms with van der Waals surface area (Å²) in [5.41, 5.74) is 0.581. The molecule has 1 aliphatic carbocycles. The van der Waals surface area contributed by atoms with Crippen LogP contribution in [0.25, 0.3) is 22.3 Å². The Labute approximate surface area is 173 Å². The maximum Gasteiger partial charge on any atom is 0.314 e. The summed E-state index contributed by atoms with van der Waals surface area (Å²) in [6, 6.07) is 11.9. The summed E-state index contributed by atoms with van der Waals surface area (Å²) in [5.74, 6) is 0.219. The van der Waals surface area contributed by atoms with Crippen LogP contribution in [0.2, 0.25) is 5.02 Å². The van der Waals surface area contributed by atoms with E-state index in [9.17, 15) is 9.59 Å². The van der Waals surface area contributed by atoms with Crippen LogP contribution < -0.4 is 14.9 Å². The molecule has 1 saturated carbocycles. The molecule has 29 heavy (non-hydrogen) atoms. The van der Waals surface area contributed by atoms with Gasteiger partial charge in [0.2, 0.25) is 11.2 Å². The monoisotopic (exact) mass is 412 g/mol. The van der Waals surface area contributed by atoms with E-state index in [0.717, 1.165) is 32.1 Å². The predicted octanol–water partition coefficient (Wildman–Crippen LogP) is 5.61. The Kier molecular flexibility index (Phi) is 5.58. The van der Waals surface area contributed by atoms with Crippen LogP contribution in [0.4, 0.5) is 0 Å². The molecule has 6 heteroatoms. The minimum Gasteiger partial charge on any atom is -0.497 e. The van der Waals surface area contributed by atoms with Crippen molar-refractivity contribution in [1.82, 2.24) is 0 Å².